The summed E-state index contributed by atoms with van der Waals surface area (Å²) in [5, 5.41) is 9.10. The maximum atomic E-state index is 12.4. The van der Waals surface area contributed by atoms with Crippen molar-refractivity contribution in [2.45, 2.75) is 11.3 Å². The molecule has 5 nitrogen and oxygen atoms in total. The number of hydrogen-bond acceptors (Lipinski definition) is 5. The molecule has 4 aromatic rings. The van der Waals surface area contributed by atoms with Crippen molar-refractivity contribution >= 4 is 68.9 Å². The molecule has 0 aliphatic carbocycles. The fourth-order valence-corrected chi connectivity index (χ4v) is 5.01. The first-order valence-corrected chi connectivity index (χ1v) is 12.9. The highest BCUT2D eigenvalue weighted by molar-refractivity contribution is 8.00. The molecule has 9 heteroatoms. The molecule has 0 saturated heterocycles. The number of benzene rings is 3. The lowest BCUT2D eigenvalue weighted by Crippen LogP contribution is -2.14. The normalized spacial score (nSPS) is 10.6. The standard InChI is InChI=1S/C25H19Cl2N3O2S2/c26-17-6-11-20(21(27)13-17)22-14-34-25(29-22)30-24(32)15-33-19-9-7-18(8-10-19)28-23(31)12-16-4-2-1-3-5-16/h1-11,13-14H,12,15H2,(H,28,31)(H,29,30,32). The quantitative estimate of drug-likeness (QED) is 0.241. The zero-order valence-corrected chi connectivity index (χ0v) is 20.9. The summed E-state index contributed by atoms with van der Waals surface area (Å²) in [6.07, 6.45) is 0.320. The van der Waals surface area contributed by atoms with Crippen LogP contribution in [0.2, 0.25) is 10.0 Å². The minimum atomic E-state index is -0.159. The number of thiazole rings is 1. The lowest BCUT2D eigenvalue weighted by Gasteiger charge is -2.07. The third-order valence-corrected chi connectivity index (χ3v) is 6.99. The molecule has 0 spiro atoms. The number of anilines is 2. The van der Waals surface area contributed by atoms with Gasteiger partial charge in [-0.1, -0.05) is 53.5 Å². The maximum Gasteiger partial charge on any atom is 0.236 e. The van der Waals surface area contributed by atoms with Crippen LogP contribution in [0.25, 0.3) is 11.3 Å². The number of nitrogens with one attached hydrogen (secondary N) is 2. The third-order valence-electron chi connectivity index (χ3n) is 4.67. The summed E-state index contributed by atoms with van der Waals surface area (Å²) in [5.74, 6) is -0.00176. The van der Waals surface area contributed by atoms with Crippen LogP contribution >= 0.6 is 46.3 Å². The van der Waals surface area contributed by atoms with Gasteiger partial charge in [0.2, 0.25) is 11.8 Å². The van der Waals surface area contributed by atoms with Gasteiger partial charge in [0.25, 0.3) is 0 Å². The molecule has 2 amide bonds. The van der Waals surface area contributed by atoms with Gasteiger partial charge in [-0.3, -0.25) is 9.59 Å². The molecule has 0 aliphatic heterocycles. The van der Waals surface area contributed by atoms with Crippen LogP contribution in [0.1, 0.15) is 5.56 Å². The molecule has 2 N–H and O–H groups in total. The maximum absolute atomic E-state index is 12.4. The van der Waals surface area contributed by atoms with Gasteiger partial charge in [-0.05, 0) is 48.0 Å². The highest BCUT2D eigenvalue weighted by Gasteiger charge is 2.11. The van der Waals surface area contributed by atoms with E-state index >= 15 is 0 Å². The number of nitrogens with zero attached hydrogens (tertiary/aromatic N) is 1. The molecular weight excluding hydrogens is 509 g/mol. The molecule has 34 heavy (non-hydrogen) atoms. The van der Waals surface area contributed by atoms with E-state index in [1.165, 1.54) is 23.1 Å². The van der Waals surface area contributed by atoms with Crippen LogP contribution in [-0.4, -0.2) is 22.6 Å². The Balaban J connectivity index is 1.25. The minimum absolute atomic E-state index is 0.0753. The fraction of sp³-hybridized carbons (Fsp3) is 0.0800. The van der Waals surface area contributed by atoms with E-state index in [0.29, 0.717) is 33.0 Å². The summed E-state index contributed by atoms with van der Waals surface area (Å²) >= 11 is 14.9. The first kappa shape index (κ1) is 24.3. The van der Waals surface area contributed by atoms with Gasteiger partial charge < -0.3 is 10.6 Å². The second-order valence-corrected chi connectivity index (χ2v) is 9.98. The Morgan fingerprint density at radius 2 is 1.68 bits per heavy atom. The lowest BCUT2D eigenvalue weighted by atomic mass is 10.1. The van der Waals surface area contributed by atoms with Crippen LogP contribution in [0.15, 0.2) is 83.1 Å². The Morgan fingerprint density at radius 1 is 0.912 bits per heavy atom. The number of aromatic nitrogens is 1. The number of thioether (sulfide) groups is 1. The van der Waals surface area contributed by atoms with Crippen LogP contribution in [0.3, 0.4) is 0 Å². The molecule has 3 aromatic carbocycles. The summed E-state index contributed by atoms with van der Waals surface area (Å²) < 4.78 is 0. The predicted octanol–water partition coefficient (Wildman–Crippen LogP) is 7.03. The van der Waals surface area contributed by atoms with Crippen molar-refractivity contribution in [3.05, 3.63) is 93.8 Å². The van der Waals surface area contributed by atoms with Crippen LogP contribution in [0.5, 0.6) is 0 Å². The van der Waals surface area contributed by atoms with Crippen molar-refractivity contribution in [2.24, 2.45) is 0 Å². The van der Waals surface area contributed by atoms with E-state index in [1.54, 1.807) is 18.2 Å². The van der Waals surface area contributed by atoms with E-state index in [0.717, 1.165) is 16.0 Å². The van der Waals surface area contributed by atoms with E-state index in [4.69, 9.17) is 23.2 Å². The van der Waals surface area contributed by atoms with Crippen molar-refractivity contribution in [1.29, 1.82) is 0 Å². The van der Waals surface area contributed by atoms with Crippen LogP contribution in [0, 0.1) is 0 Å². The van der Waals surface area contributed by atoms with Gasteiger partial charge in [-0.2, -0.15) is 0 Å². The lowest BCUT2D eigenvalue weighted by molar-refractivity contribution is -0.115. The number of halogens is 2. The number of hydrogen-bond donors (Lipinski definition) is 2. The third kappa shape index (κ3) is 6.84. The summed E-state index contributed by atoms with van der Waals surface area (Å²) in [6, 6.07) is 22.2. The zero-order valence-electron chi connectivity index (χ0n) is 17.8. The molecule has 0 bridgehead atoms. The Bertz CT molecular complexity index is 1300. The summed E-state index contributed by atoms with van der Waals surface area (Å²) in [4.78, 5) is 29.9. The van der Waals surface area contributed by atoms with Gasteiger partial charge in [-0.25, -0.2) is 4.98 Å². The molecule has 0 aliphatic rings. The molecule has 0 fully saturated rings. The first-order chi connectivity index (χ1) is 16.5. The monoisotopic (exact) mass is 527 g/mol. The fourth-order valence-electron chi connectivity index (χ4n) is 3.08. The molecular formula is C25H19Cl2N3O2S2. The first-order valence-electron chi connectivity index (χ1n) is 10.2. The largest absolute Gasteiger partial charge is 0.326 e. The Labute approximate surface area is 215 Å². The van der Waals surface area contributed by atoms with E-state index in [2.05, 4.69) is 15.6 Å². The second kappa shape index (κ2) is 11.5. The average molecular weight is 528 g/mol. The molecule has 1 heterocycles. The van der Waals surface area contributed by atoms with Crippen LogP contribution in [-0.2, 0) is 16.0 Å². The van der Waals surface area contributed by atoms with E-state index < -0.39 is 0 Å². The van der Waals surface area contributed by atoms with Gasteiger partial charge in [0.15, 0.2) is 5.13 Å². The molecule has 1 aromatic heterocycles. The van der Waals surface area contributed by atoms with Crippen LogP contribution in [0.4, 0.5) is 10.8 Å². The molecule has 172 valence electrons. The predicted molar refractivity (Wildman–Crippen MR) is 142 cm³/mol. The molecule has 0 radical (unpaired) electrons. The Hall–Kier alpha value is -2.84. The van der Waals surface area contributed by atoms with Gasteiger partial charge in [0.05, 0.1) is 22.9 Å². The van der Waals surface area contributed by atoms with Gasteiger partial charge in [0.1, 0.15) is 0 Å². The van der Waals surface area contributed by atoms with Crippen molar-refractivity contribution in [3.8, 4) is 11.3 Å². The van der Waals surface area contributed by atoms with E-state index in [9.17, 15) is 9.59 Å². The van der Waals surface area contributed by atoms with E-state index in [1.807, 2.05) is 60.0 Å². The van der Waals surface area contributed by atoms with Crippen molar-refractivity contribution in [2.75, 3.05) is 16.4 Å². The molecule has 0 atom stereocenters. The summed E-state index contributed by atoms with van der Waals surface area (Å²) in [6.45, 7) is 0. The van der Waals surface area contributed by atoms with Gasteiger partial charge >= 0.3 is 0 Å². The number of carbonyl (C=O) groups excluding carboxylic acids is 2. The van der Waals surface area contributed by atoms with Gasteiger partial charge in [-0.15, -0.1) is 23.1 Å². The van der Waals surface area contributed by atoms with Crippen LogP contribution < -0.4 is 10.6 Å². The molecule has 0 saturated carbocycles. The topological polar surface area (TPSA) is 71.1 Å². The number of carbonyl (C=O) groups is 2. The highest BCUT2D eigenvalue weighted by atomic mass is 35.5. The smallest absolute Gasteiger partial charge is 0.236 e. The SMILES string of the molecule is O=C(Cc1ccccc1)Nc1ccc(SCC(=O)Nc2nc(-c3ccc(Cl)cc3Cl)cs2)cc1. The minimum Gasteiger partial charge on any atom is -0.326 e. The van der Waals surface area contributed by atoms with Gasteiger partial charge in [0, 0.05) is 26.5 Å². The number of rotatable bonds is 8. The van der Waals surface area contributed by atoms with Crippen molar-refractivity contribution in [1.82, 2.24) is 4.98 Å². The van der Waals surface area contributed by atoms with E-state index in [-0.39, 0.29) is 17.6 Å². The Morgan fingerprint density at radius 3 is 2.41 bits per heavy atom. The summed E-state index contributed by atoms with van der Waals surface area (Å²) in [7, 11) is 0. The van der Waals surface area contributed by atoms with Crippen molar-refractivity contribution in [3.63, 3.8) is 0 Å². The van der Waals surface area contributed by atoms with Crippen molar-refractivity contribution < 1.29 is 9.59 Å². The molecule has 0 unspecified atom stereocenters. The highest BCUT2D eigenvalue weighted by Crippen LogP contribution is 2.32. The average Bonchev–Trinajstić information content (AvgIpc) is 3.27. The Kier molecular flexibility index (Phi) is 8.24. The number of amides is 2. The zero-order chi connectivity index (χ0) is 23.9. The second-order valence-electron chi connectivity index (χ2n) is 7.23. The molecule has 4 rings (SSSR count). The summed E-state index contributed by atoms with van der Waals surface area (Å²) in [5.41, 5.74) is 3.11.